The Morgan fingerprint density at radius 2 is 1.93 bits per heavy atom. The summed E-state index contributed by atoms with van der Waals surface area (Å²) in [5, 5.41) is 9.14. The van der Waals surface area contributed by atoms with E-state index in [4.69, 9.17) is 28.6 Å². The van der Waals surface area contributed by atoms with Crippen LogP contribution in [0.5, 0.6) is 5.75 Å². The zero-order valence-electron chi connectivity index (χ0n) is 13.9. The molecule has 0 atom stereocenters. The lowest BCUT2D eigenvalue weighted by Crippen LogP contribution is -2.12. The molecule has 0 bridgehead atoms. The van der Waals surface area contributed by atoms with Crippen molar-refractivity contribution in [2.75, 3.05) is 0 Å². The summed E-state index contributed by atoms with van der Waals surface area (Å²) in [6.45, 7) is -0.0714. The lowest BCUT2D eigenvalue weighted by atomic mass is 10.2. The Balaban J connectivity index is 1.71. The highest BCUT2D eigenvalue weighted by atomic mass is 35.5. The molecule has 1 heterocycles. The maximum absolute atomic E-state index is 13.7. The summed E-state index contributed by atoms with van der Waals surface area (Å²) in [4.78, 5) is 0. The number of hydrogen-bond donors (Lipinski definition) is 1. The van der Waals surface area contributed by atoms with Crippen LogP contribution in [0.15, 0.2) is 47.6 Å². The van der Waals surface area contributed by atoms with Gasteiger partial charge in [-0.05, 0) is 54.2 Å². The van der Waals surface area contributed by atoms with Gasteiger partial charge in [0.2, 0.25) is 4.77 Å². The van der Waals surface area contributed by atoms with Crippen LogP contribution in [0.3, 0.4) is 0 Å². The van der Waals surface area contributed by atoms with Gasteiger partial charge in [-0.1, -0.05) is 17.7 Å². The Labute approximate surface area is 166 Å². The Morgan fingerprint density at radius 3 is 2.57 bits per heavy atom. The number of rotatable bonds is 5. The minimum atomic E-state index is -4.70. The summed E-state index contributed by atoms with van der Waals surface area (Å²) in [6, 6.07) is 10.6. The third-order valence-corrected chi connectivity index (χ3v) is 4.17. The summed E-state index contributed by atoms with van der Waals surface area (Å²) in [5.74, 6) is -1.31. The van der Waals surface area contributed by atoms with Crippen LogP contribution in [-0.2, 0) is 12.8 Å². The molecule has 2 aromatic carbocycles. The SMILES string of the molecule is Fc1cccc(Cl)c1COc1ccc(C=Nn2c(C(F)(F)F)n[nH]c2=S)cc1. The van der Waals surface area contributed by atoms with Crippen molar-refractivity contribution in [3.8, 4) is 5.75 Å². The number of aromatic nitrogens is 3. The molecule has 0 saturated heterocycles. The zero-order chi connectivity index (χ0) is 20.3. The second kappa shape index (κ2) is 8.11. The Hall–Kier alpha value is -2.72. The van der Waals surface area contributed by atoms with E-state index in [-0.39, 0.29) is 22.0 Å². The zero-order valence-corrected chi connectivity index (χ0v) is 15.4. The fraction of sp³-hybridized carbons (Fsp3) is 0.118. The fourth-order valence-corrected chi connectivity index (χ4v) is 2.58. The number of hydrogen-bond acceptors (Lipinski definition) is 4. The number of benzene rings is 2. The molecule has 11 heteroatoms. The van der Waals surface area contributed by atoms with Gasteiger partial charge >= 0.3 is 6.18 Å². The fourth-order valence-electron chi connectivity index (χ4n) is 2.18. The molecule has 1 N–H and O–H groups in total. The molecule has 3 aromatic rings. The molecule has 0 amide bonds. The maximum atomic E-state index is 13.7. The van der Waals surface area contributed by atoms with Gasteiger partial charge in [0.05, 0.1) is 11.2 Å². The standard InChI is InChI=1S/C17H11ClF4N4OS/c18-13-2-1-3-14(19)12(13)9-27-11-6-4-10(5-7-11)8-23-26-15(17(20,21)22)24-25-16(26)28/h1-8H,9H2,(H,25,28). The van der Waals surface area contributed by atoms with Crippen molar-refractivity contribution in [3.63, 3.8) is 0 Å². The third kappa shape index (κ3) is 4.57. The molecule has 0 radical (unpaired) electrons. The van der Waals surface area contributed by atoms with Gasteiger partial charge in [0.15, 0.2) is 0 Å². The highest BCUT2D eigenvalue weighted by Gasteiger charge is 2.37. The molecule has 0 saturated carbocycles. The molecule has 1 aromatic heterocycles. The first kappa shape index (κ1) is 20.0. The van der Waals surface area contributed by atoms with Gasteiger partial charge in [0, 0.05) is 5.56 Å². The van der Waals surface area contributed by atoms with Crippen molar-refractivity contribution in [1.82, 2.24) is 14.9 Å². The average Bonchev–Trinajstić information content (AvgIpc) is 3.01. The normalized spacial score (nSPS) is 11.9. The lowest BCUT2D eigenvalue weighted by molar-refractivity contribution is -0.147. The van der Waals surface area contributed by atoms with Crippen molar-refractivity contribution < 1.29 is 22.3 Å². The van der Waals surface area contributed by atoms with E-state index in [1.807, 2.05) is 0 Å². The van der Waals surface area contributed by atoms with Crippen LogP contribution < -0.4 is 4.74 Å². The molecule has 0 spiro atoms. The van der Waals surface area contributed by atoms with E-state index < -0.39 is 17.8 Å². The van der Waals surface area contributed by atoms with Crippen LogP contribution in [-0.4, -0.2) is 21.1 Å². The van der Waals surface area contributed by atoms with E-state index >= 15 is 0 Å². The topological polar surface area (TPSA) is 55.2 Å². The number of aromatic amines is 1. The smallest absolute Gasteiger partial charge is 0.453 e. The molecule has 0 fully saturated rings. The van der Waals surface area contributed by atoms with Crippen LogP contribution in [0, 0.1) is 10.6 Å². The predicted molar refractivity (Wildman–Crippen MR) is 97.6 cm³/mol. The molecule has 0 aliphatic heterocycles. The Bertz CT molecular complexity index is 1040. The molecular weight excluding hydrogens is 420 g/mol. The van der Waals surface area contributed by atoms with Crippen LogP contribution in [0.2, 0.25) is 5.02 Å². The van der Waals surface area contributed by atoms with E-state index in [0.29, 0.717) is 16.0 Å². The van der Waals surface area contributed by atoms with Crippen LogP contribution in [0.25, 0.3) is 0 Å². The first-order valence-corrected chi connectivity index (χ1v) is 8.49. The molecule has 0 aliphatic rings. The maximum Gasteiger partial charge on any atom is 0.453 e. The Morgan fingerprint density at radius 1 is 1.21 bits per heavy atom. The van der Waals surface area contributed by atoms with Gasteiger partial charge < -0.3 is 4.74 Å². The van der Waals surface area contributed by atoms with Crippen molar-refractivity contribution in [2.24, 2.45) is 5.10 Å². The minimum absolute atomic E-state index is 0.0714. The first-order chi connectivity index (χ1) is 13.3. The number of nitrogens with zero attached hydrogens (tertiary/aromatic N) is 3. The van der Waals surface area contributed by atoms with Gasteiger partial charge in [-0.3, -0.25) is 0 Å². The molecule has 3 rings (SSSR count). The summed E-state index contributed by atoms with van der Waals surface area (Å²) in [6.07, 6.45) is -3.51. The number of ether oxygens (including phenoxy) is 1. The van der Waals surface area contributed by atoms with E-state index in [2.05, 4.69) is 15.3 Å². The van der Waals surface area contributed by atoms with Gasteiger partial charge in [-0.2, -0.15) is 22.9 Å². The average molecular weight is 431 g/mol. The van der Waals surface area contributed by atoms with E-state index in [9.17, 15) is 17.6 Å². The van der Waals surface area contributed by atoms with Crippen molar-refractivity contribution in [1.29, 1.82) is 0 Å². The first-order valence-electron chi connectivity index (χ1n) is 7.70. The molecule has 146 valence electrons. The third-order valence-electron chi connectivity index (χ3n) is 3.55. The van der Waals surface area contributed by atoms with E-state index in [0.717, 1.165) is 0 Å². The highest BCUT2D eigenvalue weighted by Crippen LogP contribution is 2.27. The van der Waals surface area contributed by atoms with Crippen molar-refractivity contribution in [3.05, 3.63) is 75.0 Å². The van der Waals surface area contributed by atoms with Crippen LogP contribution >= 0.6 is 23.8 Å². The largest absolute Gasteiger partial charge is 0.489 e. The Kier molecular flexibility index (Phi) is 5.80. The number of H-pyrrole nitrogens is 1. The number of alkyl halides is 3. The molecule has 0 aliphatic carbocycles. The van der Waals surface area contributed by atoms with Gasteiger partial charge in [-0.25, -0.2) is 9.49 Å². The molecule has 28 heavy (non-hydrogen) atoms. The molecule has 5 nitrogen and oxygen atoms in total. The van der Waals surface area contributed by atoms with Crippen LogP contribution in [0.1, 0.15) is 17.0 Å². The number of nitrogens with one attached hydrogen (secondary N) is 1. The molecular formula is C17H11ClF4N4OS. The van der Waals surface area contributed by atoms with Gasteiger partial charge in [-0.15, -0.1) is 5.10 Å². The summed E-state index contributed by atoms with van der Waals surface area (Å²) >= 11 is 10.7. The van der Waals surface area contributed by atoms with Crippen molar-refractivity contribution >= 4 is 30.0 Å². The monoisotopic (exact) mass is 430 g/mol. The minimum Gasteiger partial charge on any atom is -0.489 e. The lowest BCUT2D eigenvalue weighted by Gasteiger charge is -2.09. The van der Waals surface area contributed by atoms with Gasteiger partial charge in [0.1, 0.15) is 18.2 Å². The van der Waals surface area contributed by atoms with Crippen molar-refractivity contribution in [2.45, 2.75) is 12.8 Å². The second-order valence-corrected chi connectivity index (χ2v) is 6.26. The molecule has 0 unspecified atom stereocenters. The summed E-state index contributed by atoms with van der Waals surface area (Å²) in [7, 11) is 0. The van der Waals surface area contributed by atoms with E-state index in [1.54, 1.807) is 30.3 Å². The van der Waals surface area contributed by atoms with Gasteiger partial charge in [0.25, 0.3) is 5.82 Å². The van der Waals surface area contributed by atoms with Crippen LogP contribution in [0.4, 0.5) is 17.6 Å². The van der Waals surface area contributed by atoms with E-state index in [1.165, 1.54) is 18.3 Å². The predicted octanol–water partition coefficient (Wildman–Crippen LogP) is 5.21. The quantitative estimate of drug-likeness (QED) is 0.343. The highest BCUT2D eigenvalue weighted by molar-refractivity contribution is 7.71. The second-order valence-electron chi connectivity index (χ2n) is 5.46. The number of halogens is 5. The summed E-state index contributed by atoms with van der Waals surface area (Å²) in [5.41, 5.74) is 0.719. The summed E-state index contributed by atoms with van der Waals surface area (Å²) < 4.78 is 57.9.